The molecular weight excluding hydrogens is 344 g/mol. The third-order valence-electron chi connectivity index (χ3n) is 4.91. The van der Waals surface area contributed by atoms with Crippen molar-refractivity contribution < 1.29 is 14.4 Å². The molecule has 7 nitrogen and oxygen atoms in total. The number of amides is 3. The van der Waals surface area contributed by atoms with Gasteiger partial charge < -0.3 is 20.0 Å². The van der Waals surface area contributed by atoms with Crippen molar-refractivity contribution in [3.05, 3.63) is 29.8 Å². The third-order valence-corrected chi connectivity index (χ3v) is 4.91. The van der Waals surface area contributed by atoms with Gasteiger partial charge in [0.25, 0.3) is 5.91 Å². The van der Waals surface area contributed by atoms with Crippen molar-refractivity contribution in [3.63, 3.8) is 0 Å². The minimum atomic E-state index is -0.143. The summed E-state index contributed by atoms with van der Waals surface area (Å²) in [6.07, 6.45) is 0.528. The topological polar surface area (TPSA) is 73.0 Å². The SMILES string of the molecule is CCN(CC)CCC(=O)N1CCN(C(=O)c2ccc(NC(C)=O)cc2)CC1. The van der Waals surface area contributed by atoms with Gasteiger partial charge in [0.15, 0.2) is 0 Å². The number of carbonyl (C=O) groups is 3. The minimum absolute atomic E-state index is 0.0420. The second-order valence-corrected chi connectivity index (χ2v) is 6.71. The molecule has 0 aromatic heterocycles. The van der Waals surface area contributed by atoms with Gasteiger partial charge >= 0.3 is 0 Å². The lowest BCUT2D eigenvalue weighted by atomic mass is 10.1. The van der Waals surface area contributed by atoms with E-state index in [1.165, 1.54) is 6.92 Å². The zero-order valence-corrected chi connectivity index (χ0v) is 16.5. The summed E-state index contributed by atoms with van der Waals surface area (Å²) in [5, 5.41) is 2.69. The van der Waals surface area contributed by atoms with Gasteiger partial charge in [-0.3, -0.25) is 14.4 Å². The number of nitrogens with zero attached hydrogens (tertiary/aromatic N) is 3. The van der Waals surface area contributed by atoms with Crippen LogP contribution in [0.15, 0.2) is 24.3 Å². The van der Waals surface area contributed by atoms with Crippen LogP contribution in [0.2, 0.25) is 0 Å². The summed E-state index contributed by atoms with van der Waals surface area (Å²) in [7, 11) is 0. The number of hydrogen-bond donors (Lipinski definition) is 1. The van der Waals surface area contributed by atoms with Crippen molar-refractivity contribution in [2.75, 3.05) is 51.1 Å². The summed E-state index contributed by atoms with van der Waals surface area (Å²) < 4.78 is 0. The first-order valence-electron chi connectivity index (χ1n) is 9.61. The molecule has 148 valence electrons. The highest BCUT2D eigenvalue weighted by atomic mass is 16.2. The van der Waals surface area contributed by atoms with E-state index in [2.05, 4.69) is 24.1 Å². The Hall–Kier alpha value is -2.41. The van der Waals surface area contributed by atoms with Gasteiger partial charge in [0.2, 0.25) is 11.8 Å². The molecule has 2 rings (SSSR count). The van der Waals surface area contributed by atoms with E-state index in [0.29, 0.717) is 43.9 Å². The molecule has 0 atom stereocenters. The fourth-order valence-electron chi connectivity index (χ4n) is 3.19. The third kappa shape index (κ3) is 6.06. The van der Waals surface area contributed by atoms with Gasteiger partial charge in [-0.15, -0.1) is 0 Å². The Morgan fingerprint density at radius 1 is 0.963 bits per heavy atom. The average molecular weight is 374 g/mol. The Kier molecular flexibility index (Phi) is 7.79. The largest absolute Gasteiger partial charge is 0.339 e. The summed E-state index contributed by atoms with van der Waals surface area (Å²) >= 11 is 0. The Bertz CT molecular complexity index is 648. The van der Waals surface area contributed by atoms with Crippen LogP contribution in [-0.2, 0) is 9.59 Å². The van der Waals surface area contributed by atoms with Gasteiger partial charge in [0, 0.05) is 57.3 Å². The van der Waals surface area contributed by atoms with Gasteiger partial charge in [-0.05, 0) is 37.4 Å². The van der Waals surface area contributed by atoms with Crippen LogP contribution in [0.4, 0.5) is 5.69 Å². The van der Waals surface area contributed by atoms with Crippen LogP contribution in [-0.4, -0.2) is 78.2 Å². The standard InChI is InChI=1S/C20H30N4O3/c1-4-22(5-2)11-10-19(26)23-12-14-24(15-13-23)20(27)17-6-8-18(9-7-17)21-16(3)25/h6-9H,4-5,10-15H2,1-3H3,(H,21,25). The molecule has 27 heavy (non-hydrogen) atoms. The number of benzene rings is 1. The number of rotatable bonds is 7. The molecule has 7 heteroatoms. The van der Waals surface area contributed by atoms with Gasteiger partial charge in [-0.1, -0.05) is 13.8 Å². The van der Waals surface area contributed by atoms with Crippen molar-refractivity contribution in [2.24, 2.45) is 0 Å². The van der Waals surface area contributed by atoms with E-state index in [0.717, 1.165) is 19.6 Å². The van der Waals surface area contributed by atoms with Crippen molar-refractivity contribution in [3.8, 4) is 0 Å². The number of piperazine rings is 1. The molecule has 1 aliphatic heterocycles. The van der Waals surface area contributed by atoms with E-state index in [4.69, 9.17) is 0 Å². The zero-order valence-electron chi connectivity index (χ0n) is 16.5. The van der Waals surface area contributed by atoms with Crippen LogP contribution < -0.4 is 5.32 Å². The molecule has 1 aliphatic rings. The molecule has 3 amide bonds. The Balaban J connectivity index is 1.83. The maximum Gasteiger partial charge on any atom is 0.253 e. The Labute approximate surface area is 161 Å². The summed E-state index contributed by atoms with van der Waals surface area (Å²) in [5.74, 6) is -0.0240. The summed E-state index contributed by atoms with van der Waals surface area (Å²) in [5.41, 5.74) is 1.26. The van der Waals surface area contributed by atoms with Crippen LogP contribution >= 0.6 is 0 Å². The molecule has 1 aromatic rings. The molecule has 1 N–H and O–H groups in total. The molecule has 0 bridgehead atoms. The van der Waals surface area contributed by atoms with E-state index < -0.39 is 0 Å². The Morgan fingerprint density at radius 3 is 2.04 bits per heavy atom. The van der Waals surface area contributed by atoms with Crippen molar-refractivity contribution in [2.45, 2.75) is 27.2 Å². The first kappa shape index (κ1) is 20.9. The van der Waals surface area contributed by atoms with Gasteiger partial charge in [-0.2, -0.15) is 0 Å². The van der Waals surface area contributed by atoms with E-state index in [1.54, 1.807) is 29.2 Å². The average Bonchev–Trinajstić information content (AvgIpc) is 2.68. The lowest BCUT2D eigenvalue weighted by molar-refractivity contribution is -0.133. The van der Waals surface area contributed by atoms with Crippen LogP contribution in [0.5, 0.6) is 0 Å². The maximum atomic E-state index is 12.6. The monoisotopic (exact) mass is 374 g/mol. The second-order valence-electron chi connectivity index (χ2n) is 6.71. The van der Waals surface area contributed by atoms with Gasteiger partial charge in [-0.25, -0.2) is 0 Å². The quantitative estimate of drug-likeness (QED) is 0.788. The smallest absolute Gasteiger partial charge is 0.253 e. The van der Waals surface area contributed by atoms with E-state index in [-0.39, 0.29) is 17.7 Å². The number of anilines is 1. The van der Waals surface area contributed by atoms with Crippen LogP contribution in [0.3, 0.4) is 0 Å². The van der Waals surface area contributed by atoms with E-state index >= 15 is 0 Å². The molecule has 0 unspecified atom stereocenters. The van der Waals surface area contributed by atoms with Crippen LogP contribution in [0.25, 0.3) is 0 Å². The molecule has 0 radical (unpaired) electrons. The summed E-state index contributed by atoms with van der Waals surface area (Å²) in [6, 6.07) is 6.88. The highest BCUT2D eigenvalue weighted by Gasteiger charge is 2.24. The van der Waals surface area contributed by atoms with Crippen LogP contribution in [0, 0.1) is 0 Å². The second kappa shape index (κ2) is 10.1. The fourth-order valence-corrected chi connectivity index (χ4v) is 3.19. The van der Waals surface area contributed by atoms with Gasteiger partial charge in [0.1, 0.15) is 0 Å². The maximum absolute atomic E-state index is 12.6. The van der Waals surface area contributed by atoms with E-state index in [9.17, 15) is 14.4 Å². The molecule has 0 spiro atoms. The molecule has 1 fully saturated rings. The first-order chi connectivity index (χ1) is 12.9. The highest BCUT2D eigenvalue weighted by molar-refractivity contribution is 5.95. The molecule has 1 heterocycles. The first-order valence-corrected chi connectivity index (χ1v) is 9.61. The minimum Gasteiger partial charge on any atom is -0.339 e. The predicted octanol–water partition coefficient (Wildman–Crippen LogP) is 1.66. The Morgan fingerprint density at radius 2 is 1.52 bits per heavy atom. The van der Waals surface area contributed by atoms with E-state index in [1.807, 2.05) is 4.90 Å². The fraction of sp³-hybridized carbons (Fsp3) is 0.550. The lowest BCUT2D eigenvalue weighted by Gasteiger charge is -2.35. The van der Waals surface area contributed by atoms with Crippen LogP contribution in [0.1, 0.15) is 37.6 Å². The summed E-state index contributed by atoms with van der Waals surface area (Å²) in [4.78, 5) is 41.9. The number of nitrogens with one attached hydrogen (secondary N) is 1. The number of hydrogen-bond acceptors (Lipinski definition) is 4. The normalized spacial score (nSPS) is 14.4. The molecule has 1 aromatic carbocycles. The molecule has 0 saturated carbocycles. The lowest BCUT2D eigenvalue weighted by Crippen LogP contribution is -2.51. The highest BCUT2D eigenvalue weighted by Crippen LogP contribution is 2.13. The van der Waals surface area contributed by atoms with Crippen molar-refractivity contribution in [1.82, 2.24) is 14.7 Å². The molecule has 1 saturated heterocycles. The van der Waals surface area contributed by atoms with Crippen molar-refractivity contribution in [1.29, 1.82) is 0 Å². The predicted molar refractivity (Wildman–Crippen MR) is 106 cm³/mol. The summed E-state index contributed by atoms with van der Waals surface area (Å²) in [6.45, 7) is 10.6. The molecular formula is C20H30N4O3. The zero-order chi connectivity index (χ0) is 19.8. The number of carbonyl (C=O) groups excluding carboxylic acids is 3. The molecule has 0 aliphatic carbocycles. The van der Waals surface area contributed by atoms with Gasteiger partial charge in [0.05, 0.1) is 0 Å². The van der Waals surface area contributed by atoms with Crippen molar-refractivity contribution >= 4 is 23.4 Å².